The zero-order chi connectivity index (χ0) is 24.2. The number of aromatic amines is 1. The highest BCUT2D eigenvalue weighted by Gasteiger charge is 2.45. The predicted molar refractivity (Wildman–Crippen MR) is 123 cm³/mol. The van der Waals surface area contributed by atoms with Crippen LogP contribution in [0.15, 0.2) is 66.8 Å². The molecule has 1 aromatic heterocycles. The molecule has 1 aliphatic rings. The van der Waals surface area contributed by atoms with Crippen LogP contribution in [0, 0.1) is 0 Å². The Kier molecular flexibility index (Phi) is 6.88. The Hall–Kier alpha value is -3.78. The maximum absolute atomic E-state index is 13.5. The molecule has 0 radical (unpaired) electrons. The van der Waals surface area contributed by atoms with Crippen LogP contribution in [0.1, 0.15) is 23.6 Å². The summed E-state index contributed by atoms with van der Waals surface area (Å²) in [4.78, 5) is 30.7. The molecular formula is C25H24ClN3O5. The highest BCUT2D eigenvalue weighted by atomic mass is 35.5. The average Bonchev–Trinajstić information content (AvgIpc) is 3.46. The van der Waals surface area contributed by atoms with E-state index < -0.39 is 23.5 Å². The van der Waals surface area contributed by atoms with Crippen LogP contribution in [0.2, 0.25) is 5.02 Å². The Morgan fingerprint density at radius 2 is 1.91 bits per heavy atom. The van der Waals surface area contributed by atoms with E-state index >= 15 is 0 Å². The van der Waals surface area contributed by atoms with Crippen molar-refractivity contribution in [3.05, 3.63) is 82.9 Å². The number of hydrogen-bond acceptors (Lipinski definition) is 5. The van der Waals surface area contributed by atoms with Gasteiger partial charge in [-0.15, -0.1) is 0 Å². The van der Waals surface area contributed by atoms with Crippen molar-refractivity contribution in [2.45, 2.75) is 19.0 Å². The van der Waals surface area contributed by atoms with Gasteiger partial charge in [0.05, 0.1) is 26.8 Å². The van der Waals surface area contributed by atoms with Gasteiger partial charge in [-0.05, 0) is 35.9 Å². The van der Waals surface area contributed by atoms with E-state index in [0.29, 0.717) is 35.1 Å². The molecule has 0 bridgehead atoms. The van der Waals surface area contributed by atoms with Crippen LogP contribution in [0.5, 0.6) is 11.5 Å². The molecule has 2 heterocycles. The second-order valence-electron chi connectivity index (χ2n) is 7.79. The predicted octanol–water partition coefficient (Wildman–Crippen LogP) is 2.29. The second kappa shape index (κ2) is 10.0. The highest BCUT2D eigenvalue weighted by Crippen LogP contribution is 2.43. The van der Waals surface area contributed by atoms with Crippen molar-refractivity contribution < 1.29 is 28.7 Å². The van der Waals surface area contributed by atoms with Gasteiger partial charge in [0.15, 0.2) is 0 Å². The first kappa shape index (κ1) is 23.4. The number of halogens is 1. The third kappa shape index (κ3) is 4.49. The van der Waals surface area contributed by atoms with Crippen LogP contribution >= 0.6 is 11.6 Å². The number of amides is 1. The molecular weight excluding hydrogens is 458 g/mol. The van der Waals surface area contributed by atoms with E-state index in [2.05, 4.69) is 4.98 Å². The molecule has 1 N–H and O–H groups in total. The summed E-state index contributed by atoms with van der Waals surface area (Å²) < 4.78 is 12.8. The zero-order valence-electron chi connectivity index (χ0n) is 18.8. The molecule has 0 saturated carbocycles. The van der Waals surface area contributed by atoms with Crippen LogP contribution in [0.25, 0.3) is 5.76 Å². The Morgan fingerprint density at radius 3 is 2.56 bits per heavy atom. The van der Waals surface area contributed by atoms with E-state index in [0.717, 1.165) is 0 Å². The zero-order valence-corrected chi connectivity index (χ0v) is 19.5. The number of aryl methyl sites for hydroxylation is 1. The van der Waals surface area contributed by atoms with Crippen molar-refractivity contribution in [3.63, 3.8) is 0 Å². The molecule has 1 atom stereocenters. The minimum absolute atomic E-state index is 0.117. The Morgan fingerprint density at radius 1 is 1.15 bits per heavy atom. The Balaban J connectivity index is 1.81. The fourth-order valence-corrected chi connectivity index (χ4v) is 4.24. The number of carbonyl (C=O) groups excluding carboxylic acids is 2. The number of methoxy groups -OCH3 is 2. The molecule has 1 fully saturated rings. The number of ether oxygens (including phenoxy) is 2. The number of hydrogen-bond donors (Lipinski definition) is 1. The van der Waals surface area contributed by atoms with Gasteiger partial charge in [-0.25, -0.2) is 4.57 Å². The smallest absolute Gasteiger partial charge is 0.295 e. The van der Waals surface area contributed by atoms with Crippen molar-refractivity contribution >= 4 is 29.1 Å². The van der Waals surface area contributed by atoms with Gasteiger partial charge >= 0.3 is 0 Å². The van der Waals surface area contributed by atoms with Crippen molar-refractivity contribution in [2.24, 2.45) is 0 Å². The fraction of sp³-hybridized carbons (Fsp3) is 0.240. The van der Waals surface area contributed by atoms with E-state index in [4.69, 9.17) is 21.1 Å². The first-order valence-electron chi connectivity index (χ1n) is 10.7. The van der Waals surface area contributed by atoms with E-state index in [1.54, 1.807) is 55.0 Å². The lowest BCUT2D eigenvalue weighted by Crippen LogP contribution is -2.36. The van der Waals surface area contributed by atoms with Crippen molar-refractivity contribution in [1.29, 1.82) is 0 Å². The first-order chi connectivity index (χ1) is 16.4. The summed E-state index contributed by atoms with van der Waals surface area (Å²) in [5.41, 5.74) is 0.665. The fourth-order valence-electron chi connectivity index (χ4n) is 4.12. The van der Waals surface area contributed by atoms with Gasteiger partial charge in [0.25, 0.3) is 5.91 Å². The molecule has 1 unspecified atom stereocenters. The Labute approximate surface area is 202 Å². The molecule has 4 rings (SSSR count). The SMILES string of the molecule is COc1ccc(OC)c(C2C(=C([O-])c3ccc(Cl)cc3)C(=O)C(=O)N2CCC[n+]2cc[nH]c2)c1. The molecule has 9 heteroatoms. The van der Waals surface area contributed by atoms with E-state index in [-0.39, 0.29) is 17.7 Å². The number of carbonyl (C=O) groups is 2. The third-order valence-corrected chi connectivity index (χ3v) is 6.04. The van der Waals surface area contributed by atoms with Gasteiger partial charge in [-0.1, -0.05) is 29.5 Å². The van der Waals surface area contributed by atoms with Crippen LogP contribution in [-0.4, -0.2) is 42.3 Å². The summed E-state index contributed by atoms with van der Waals surface area (Å²) in [7, 11) is 3.02. The van der Waals surface area contributed by atoms with Crippen molar-refractivity contribution in [2.75, 3.05) is 20.8 Å². The standard InChI is InChI=1S/C25H24ClN3O5/c1-33-18-8-9-20(34-2)19(14-18)22-21(23(30)16-4-6-17(26)7-5-16)24(31)25(32)29(22)12-3-11-28-13-10-27-15-28/h4-10,13-15,22H,3,11-12H2,1-2H3,(H,30,31). The summed E-state index contributed by atoms with van der Waals surface area (Å²) in [6.07, 6.45) is 6.06. The summed E-state index contributed by atoms with van der Waals surface area (Å²) in [5.74, 6) is -1.09. The number of likely N-dealkylation sites (tertiary alicyclic amines) is 1. The molecule has 2 aromatic carbocycles. The Bertz CT molecular complexity index is 1220. The minimum Gasteiger partial charge on any atom is -0.872 e. The quantitative estimate of drug-likeness (QED) is 0.230. The van der Waals surface area contributed by atoms with Gasteiger partial charge in [0.1, 0.15) is 23.9 Å². The minimum atomic E-state index is -0.913. The lowest BCUT2D eigenvalue weighted by atomic mass is 9.94. The van der Waals surface area contributed by atoms with Crippen LogP contribution in [-0.2, 0) is 16.1 Å². The van der Waals surface area contributed by atoms with Gasteiger partial charge in [0.2, 0.25) is 12.1 Å². The molecule has 1 aliphatic heterocycles. The van der Waals surface area contributed by atoms with E-state index in [1.807, 2.05) is 10.8 Å². The second-order valence-corrected chi connectivity index (χ2v) is 8.23. The summed E-state index contributed by atoms with van der Waals surface area (Å²) in [5, 5.41) is 14.0. The number of aromatic nitrogens is 2. The number of rotatable bonds is 8. The van der Waals surface area contributed by atoms with Crippen molar-refractivity contribution in [3.8, 4) is 11.5 Å². The lowest BCUT2D eigenvalue weighted by Gasteiger charge is -2.28. The maximum atomic E-state index is 13.5. The number of Topliss-reactive ketones (excluding diaryl/α,β-unsaturated/α-hetero) is 1. The average molecular weight is 482 g/mol. The molecule has 0 spiro atoms. The molecule has 176 valence electrons. The summed E-state index contributed by atoms with van der Waals surface area (Å²) in [6, 6.07) is 10.4. The number of nitrogens with zero attached hydrogens (tertiary/aromatic N) is 2. The van der Waals surface area contributed by atoms with Crippen LogP contribution in [0.3, 0.4) is 0 Å². The number of benzene rings is 2. The van der Waals surface area contributed by atoms with Gasteiger partial charge in [-0.2, -0.15) is 0 Å². The lowest BCUT2D eigenvalue weighted by molar-refractivity contribution is -0.695. The first-order valence-corrected chi connectivity index (χ1v) is 11.1. The van der Waals surface area contributed by atoms with E-state index in [9.17, 15) is 14.7 Å². The summed E-state index contributed by atoms with van der Waals surface area (Å²) in [6.45, 7) is 0.898. The third-order valence-electron chi connectivity index (χ3n) is 5.79. The van der Waals surface area contributed by atoms with Crippen molar-refractivity contribution in [1.82, 2.24) is 9.88 Å². The van der Waals surface area contributed by atoms with Crippen LogP contribution in [0.4, 0.5) is 0 Å². The molecule has 1 amide bonds. The number of nitrogens with one attached hydrogen (secondary N) is 1. The molecule has 0 aliphatic carbocycles. The van der Waals surface area contributed by atoms with Gasteiger partial charge < -0.3 is 19.5 Å². The number of ketones is 1. The highest BCUT2D eigenvalue weighted by molar-refractivity contribution is 6.46. The topological polar surface area (TPSA) is 98.6 Å². The van der Waals surface area contributed by atoms with Crippen LogP contribution < -0.4 is 19.1 Å². The van der Waals surface area contributed by atoms with Gasteiger partial charge in [-0.3, -0.25) is 14.6 Å². The number of H-pyrrole nitrogens is 1. The monoisotopic (exact) mass is 481 g/mol. The molecule has 34 heavy (non-hydrogen) atoms. The van der Waals surface area contributed by atoms with E-state index in [1.165, 1.54) is 19.1 Å². The molecule has 1 saturated heterocycles. The van der Waals surface area contributed by atoms with Gasteiger partial charge in [0, 0.05) is 29.1 Å². The summed E-state index contributed by atoms with van der Waals surface area (Å²) >= 11 is 5.97. The number of imidazole rings is 1. The molecule has 3 aromatic rings. The molecule has 8 nitrogen and oxygen atoms in total. The maximum Gasteiger partial charge on any atom is 0.295 e. The normalized spacial score (nSPS) is 17.3. The largest absolute Gasteiger partial charge is 0.872 e.